The molecule has 1 aromatic carbocycles. The smallest absolute Gasteiger partial charge is 0.253 e. The van der Waals surface area contributed by atoms with Gasteiger partial charge >= 0.3 is 0 Å². The van der Waals surface area contributed by atoms with E-state index < -0.39 is 0 Å². The van der Waals surface area contributed by atoms with Crippen molar-refractivity contribution in [3.05, 3.63) is 47.3 Å². The fraction of sp³-hybridized carbons (Fsp3) is 0.368. The van der Waals surface area contributed by atoms with Crippen molar-refractivity contribution >= 4 is 23.5 Å². The summed E-state index contributed by atoms with van der Waals surface area (Å²) in [5, 5.41) is 0. The maximum absolute atomic E-state index is 13.0. The molecule has 0 radical (unpaired) electrons. The highest BCUT2D eigenvalue weighted by atomic mass is 16.2. The molecule has 5 rings (SSSR count). The lowest BCUT2D eigenvalue weighted by Crippen LogP contribution is -2.49. The summed E-state index contributed by atoms with van der Waals surface area (Å²) in [5.41, 5.74) is 3.90. The molecule has 2 amide bonds. The summed E-state index contributed by atoms with van der Waals surface area (Å²) in [6.07, 6.45) is 4.73. The molecule has 0 aliphatic carbocycles. The predicted octanol–water partition coefficient (Wildman–Crippen LogP) is 0.884. The van der Waals surface area contributed by atoms with Gasteiger partial charge in [-0.05, 0) is 35.7 Å². The van der Waals surface area contributed by atoms with E-state index in [1.165, 1.54) is 0 Å². The second-order valence-electron chi connectivity index (χ2n) is 6.94. The molecule has 7 heteroatoms. The van der Waals surface area contributed by atoms with Crippen LogP contribution in [0.5, 0.6) is 0 Å². The molecule has 0 bridgehead atoms. The molecule has 3 aliphatic rings. The Bertz CT molecular complexity index is 890. The molecule has 2 aromatic rings. The van der Waals surface area contributed by atoms with E-state index in [2.05, 4.69) is 14.9 Å². The molecule has 0 atom stereocenters. The molecule has 3 aliphatic heterocycles. The van der Waals surface area contributed by atoms with Crippen LogP contribution in [0, 0.1) is 0 Å². The number of piperazine rings is 1. The normalized spacial score (nSPS) is 18.5. The quantitative estimate of drug-likeness (QED) is 0.805. The fourth-order valence-corrected chi connectivity index (χ4v) is 4.15. The summed E-state index contributed by atoms with van der Waals surface area (Å²) in [4.78, 5) is 39.4. The first-order valence-electron chi connectivity index (χ1n) is 8.98. The fourth-order valence-electron chi connectivity index (χ4n) is 4.15. The summed E-state index contributed by atoms with van der Waals surface area (Å²) >= 11 is 0. The molecule has 0 N–H and O–H groups in total. The molecular formula is C19H19N5O2. The van der Waals surface area contributed by atoms with Crippen LogP contribution in [0.2, 0.25) is 0 Å². The monoisotopic (exact) mass is 349 g/mol. The lowest BCUT2D eigenvalue weighted by atomic mass is 10.0. The summed E-state index contributed by atoms with van der Waals surface area (Å²) < 4.78 is 0. The zero-order valence-electron chi connectivity index (χ0n) is 14.4. The average molecular weight is 349 g/mol. The van der Waals surface area contributed by atoms with Crippen LogP contribution in [0.1, 0.15) is 21.5 Å². The Balaban J connectivity index is 1.33. The van der Waals surface area contributed by atoms with Gasteiger partial charge in [-0.3, -0.25) is 9.59 Å². The van der Waals surface area contributed by atoms with Gasteiger partial charge in [0.05, 0.1) is 12.1 Å². The van der Waals surface area contributed by atoms with E-state index in [1.807, 2.05) is 21.9 Å². The van der Waals surface area contributed by atoms with Gasteiger partial charge in [-0.25, -0.2) is 9.97 Å². The molecule has 0 unspecified atom stereocenters. The number of hydrogen-bond donors (Lipinski definition) is 0. The first-order valence-corrected chi connectivity index (χ1v) is 8.98. The highest BCUT2D eigenvalue weighted by molar-refractivity contribution is 6.05. The minimum Gasteiger partial charge on any atom is -0.337 e. The lowest BCUT2D eigenvalue weighted by Gasteiger charge is -2.34. The van der Waals surface area contributed by atoms with Crippen molar-refractivity contribution in [3.8, 4) is 0 Å². The van der Waals surface area contributed by atoms with Crippen LogP contribution in [-0.2, 0) is 17.6 Å². The van der Waals surface area contributed by atoms with Crippen LogP contribution < -0.4 is 9.80 Å². The molecule has 7 nitrogen and oxygen atoms in total. The van der Waals surface area contributed by atoms with E-state index in [4.69, 9.17) is 0 Å². The third-order valence-corrected chi connectivity index (χ3v) is 5.43. The number of rotatable bonds is 2. The minimum absolute atomic E-state index is 0.0514. The number of carbonyl (C=O) groups is 2. The van der Waals surface area contributed by atoms with Crippen LogP contribution in [0.3, 0.4) is 0 Å². The molecule has 1 saturated heterocycles. The van der Waals surface area contributed by atoms with Gasteiger partial charge in [0.1, 0.15) is 0 Å². The Labute approximate surface area is 151 Å². The molecule has 0 spiro atoms. The number of nitrogens with zero attached hydrogens (tertiary/aromatic N) is 5. The van der Waals surface area contributed by atoms with Crippen LogP contribution in [0.25, 0.3) is 0 Å². The van der Waals surface area contributed by atoms with E-state index in [0.29, 0.717) is 31.0 Å². The summed E-state index contributed by atoms with van der Waals surface area (Å²) in [7, 11) is 0. The third-order valence-electron chi connectivity index (χ3n) is 5.43. The number of carbonyl (C=O) groups excluding carboxylic acids is 2. The van der Waals surface area contributed by atoms with Gasteiger partial charge in [0.25, 0.3) is 5.91 Å². The summed E-state index contributed by atoms with van der Waals surface area (Å²) in [6, 6.07) is 5.69. The van der Waals surface area contributed by atoms with Crippen molar-refractivity contribution in [3.63, 3.8) is 0 Å². The number of hydrogen-bond acceptors (Lipinski definition) is 5. The van der Waals surface area contributed by atoms with Crippen LogP contribution in [0.4, 0.5) is 11.6 Å². The molecule has 132 valence electrons. The van der Waals surface area contributed by atoms with Crippen molar-refractivity contribution in [1.29, 1.82) is 0 Å². The van der Waals surface area contributed by atoms with Crippen LogP contribution in [0.15, 0.2) is 30.6 Å². The predicted molar refractivity (Wildman–Crippen MR) is 96.4 cm³/mol. The number of aromatic nitrogens is 2. The Morgan fingerprint density at radius 3 is 2.46 bits per heavy atom. The van der Waals surface area contributed by atoms with Gasteiger partial charge in [-0.2, -0.15) is 0 Å². The number of amides is 2. The number of anilines is 2. The van der Waals surface area contributed by atoms with Crippen molar-refractivity contribution < 1.29 is 9.59 Å². The van der Waals surface area contributed by atoms with E-state index in [-0.39, 0.29) is 11.8 Å². The van der Waals surface area contributed by atoms with E-state index in [9.17, 15) is 9.59 Å². The highest BCUT2D eigenvalue weighted by Crippen LogP contribution is 2.38. The zero-order valence-corrected chi connectivity index (χ0v) is 14.4. The van der Waals surface area contributed by atoms with Crippen LogP contribution in [-0.4, -0.2) is 59.4 Å². The average Bonchev–Trinajstić information content (AvgIpc) is 3.26. The summed E-state index contributed by atoms with van der Waals surface area (Å²) in [6.45, 7) is 3.48. The standard InChI is InChI=1S/C19H19N5O2/c25-16-12-14-11-15(10-13-2-5-24(16)17(13)14)18(26)22-6-8-23(9-7-22)19-20-3-1-4-21-19/h1,3-4,10-11H,2,5-9,12H2. The molecule has 1 aromatic heterocycles. The maximum Gasteiger partial charge on any atom is 0.253 e. The molecule has 0 saturated carbocycles. The summed E-state index contributed by atoms with van der Waals surface area (Å²) in [5.74, 6) is 0.916. The van der Waals surface area contributed by atoms with Gasteiger partial charge in [0, 0.05) is 50.7 Å². The largest absolute Gasteiger partial charge is 0.337 e. The van der Waals surface area contributed by atoms with Gasteiger partial charge in [-0.1, -0.05) is 0 Å². The van der Waals surface area contributed by atoms with Gasteiger partial charge in [-0.15, -0.1) is 0 Å². The zero-order chi connectivity index (χ0) is 17.7. The Kier molecular flexibility index (Phi) is 3.41. The van der Waals surface area contributed by atoms with E-state index in [1.54, 1.807) is 18.5 Å². The lowest BCUT2D eigenvalue weighted by molar-refractivity contribution is -0.117. The topological polar surface area (TPSA) is 69.6 Å². The first-order chi connectivity index (χ1) is 12.7. The van der Waals surface area contributed by atoms with E-state index >= 15 is 0 Å². The molecular weight excluding hydrogens is 330 g/mol. The maximum atomic E-state index is 13.0. The van der Waals surface area contributed by atoms with Gasteiger partial charge in [0.2, 0.25) is 11.9 Å². The van der Waals surface area contributed by atoms with Gasteiger partial charge < -0.3 is 14.7 Å². The number of benzene rings is 1. The van der Waals surface area contributed by atoms with Gasteiger partial charge in [0.15, 0.2) is 0 Å². The highest BCUT2D eigenvalue weighted by Gasteiger charge is 2.35. The first kappa shape index (κ1) is 15.3. The van der Waals surface area contributed by atoms with Crippen molar-refractivity contribution in [2.75, 3.05) is 42.5 Å². The minimum atomic E-state index is 0.0514. The molecule has 1 fully saturated rings. The second-order valence-corrected chi connectivity index (χ2v) is 6.94. The van der Waals surface area contributed by atoms with Crippen molar-refractivity contribution in [2.45, 2.75) is 12.8 Å². The SMILES string of the molecule is O=C(c1cc2c3c(c1)CC(=O)N3CC2)N1CCN(c2ncccn2)CC1. The Morgan fingerprint density at radius 1 is 0.962 bits per heavy atom. The van der Waals surface area contributed by atoms with Crippen molar-refractivity contribution in [1.82, 2.24) is 14.9 Å². The molecule has 4 heterocycles. The Morgan fingerprint density at radius 2 is 1.69 bits per heavy atom. The molecule has 26 heavy (non-hydrogen) atoms. The third kappa shape index (κ3) is 2.34. The Hall–Kier alpha value is -2.96. The second kappa shape index (κ2) is 5.79. The van der Waals surface area contributed by atoms with Crippen molar-refractivity contribution in [2.24, 2.45) is 0 Å². The van der Waals surface area contributed by atoms with E-state index in [0.717, 1.165) is 42.9 Å². The van der Waals surface area contributed by atoms with Crippen LogP contribution >= 0.6 is 0 Å².